The summed E-state index contributed by atoms with van der Waals surface area (Å²) < 4.78 is 0. The van der Waals surface area contributed by atoms with Crippen LogP contribution in [0.25, 0.3) is 11.0 Å². The molecule has 1 aliphatic heterocycles. The van der Waals surface area contributed by atoms with Crippen LogP contribution in [-0.4, -0.2) is 32.3 Å². The first-order valence-electron chi connectivity index (χ1n) is 8.74. The summed E-state index contributed by atoms with van der Waals surface area (Å²) in [5, 5.41) is 1.39. The van der Waals surface area contributed by atoms with Crippen molar-refractivity contribution >= 4 is 28.7 Å². The first kappa shape index (κ1) is 16.8. The van der Waals surface area contributed by atoms with E-state index in [1.54, 1.807) is 18.0 Å². The fourth-order valence-corrected chi connectivity index (χ4v) is 4.48. The number of thioether (sulfide) groups is 1. The summed E-state index contributed by atoms with van der Waals surface area (Å²) in [6.07, 6.45) is 8.42. The van der Waals surface area contributed by atoms with Gasteiger partial charge in [0.15, 0.2) is 0 Å². The normalized spacial score (nSPS) is 16.7. The molecule has 0 radical (unpaired) electrons. The number of carbonyl (C=O) groups excluding carboxylic acids is 1. The van der Waals surface area contributed by atoms with E-state index in [4.69, 9.17) is 0 Å². The maximum Gasteiger partial charge on any atom is 0.260 e. The minimum atomic E-state index is 0.0880. The predicted molar refractivity (Wildman–Crippen MR) is 104 cm³/mol. The number of allylic oxidation sites excluding steroid dienone is 1. The number of likely N-dealkylation sites (N-methyl/N-ethyl adjacent to an activating group) is 1. The van der Waals surface area contributed by atoms with Gasteiger partial charge in [0.25, 0.3) is 5.91 Å². The van der Waals surface area contributed by atoms with Crippen LogP contribution in [0.1, 0.15) is 29.9 Å². The Hall–Kier alpha value is -2.60. The zero-order valence-electron chi connectivity index (χ0n) is 14.6. The van der Waals surface area contributed by atoms with Crippen molar-refractivity contribution in [2.24, 2.45) is 0 Å². The molecule has 0 aliphatic carbocycles. The Morgan fingerprint density at radius 3 is 3.00 bits per heavy atom. The van der Waals surface area contributed by atoms with Gasteiger partial charge in [-0.05, 0) is 43.2 Å². The van der Waals surface area contributed by atoms with Gasteiger partial charge >= 0.3 is 0 Å². The number of rotatable bonds is 5. The number of carbonyl (C=O) groups is 1. The van der Waals surface area contributed by atoms with Crippen LogP contribution in [0.3, 0.4) is 0 Å². The summed E-state index contributed by atoms with van der Waals surface area (Å²) in [6.45, 7) is 3.20. The third-order valence-corrected chi connectivity index (χ3v) is 5.91. The van der Waals surface area contributed by atoms with Crippen molar-refractivity contribution in [3.8, 4) is 0 Å². The van der Waals surface area contributed by atoms with Crippen molar-refractivity contribution < 1.29 is 4.79 Å². The predicted octanol–water partition coefficient (Wildman–Crippen LogP) is 4.07. The lowest BCUT2D eigenvalue weighted by molar-refractivity contribution is -0.126. The molecule has 6 heteroatoms. The van der Waals surface area contributed by atoms with E-state index in [0.717, 1.165) is 28.1 Å². The summed E-state index contributed by atoms with van der Waals surface area (Å²) in [4.78, 5) is 27.5. The topological polar surface area (TPSA) is 61.9 Å². The molecule has 3 aromatic heterocycles. The second kappa shape index (κ2) is 7.33. The lowest BCUT2D eigenvalue weighted by atomic mass is 10.1. The van der Waals surface area contributed by atoms with Crippen LogP contribution in [0.15, 0.2) is 59.9 Å². The third-order valence-electron chi connectivity index (χ3n) is 4.59. The molecule has 0 saturated carbocycles. The number of fused-ring (bicyclic) bond motifs is 1. The van der Waals surface area contributed by atoms with Crippen LogP contribution in [-0.2, 0) is 11.3 Å². The van der Waals surface area contributed by atoms with Crippen molar-refractivity contribution in [1.29, 1.82) is 0 Å². The van der Waals surface area contributed by atoms with Crippen molar-refractivity contribution in [3.05, 3.63) is 71.2 Å². The Bertz CT molecular complexity index is 951. The van der Waals surface area contributed by atoms with E-state index in [-0.39, 0.29) is 11.2 Å². The number of pyridine rings is 2. The average molecular weight is 364 g/mol. The number of nitrogens with zero attached hydrogens (tertiary/aromatic N) is 3. The molecule has 1 aliphatic rings. The maximum atomic E-state index is 13.0. The molecule has 1 N–H and O–H groups in total. The fraction of sp³-hybridized carbons (Fsp3) is 0.250. The highest BCUT2D eigenvalue weighted by Gasteiger charge is 2.28. The second-order valence-electron chi connectivity index (χ2n) is 6.19. The van der Waals surface area contributed by atoms with E-state index < -0.39 is 0 Å². The van der Waals surface area contributed by atoms with Gasteiger partial charge in [-0.2, -0.15) is 0 Å². The van der Waals surface area contributed by atoms with Crippen LogP contribution >= 0.6 is 11.8 Å². The SMILES string of the molecule is CCN(Cc1ccccn1)C(=O)C1=CCC(c2ccnc3[nH]ccc23)S1. The van der Waals surface area contributed by atoms with Crippen LogP contribution in [0.4, 0.5) is 0 Å². The molecule has 4 rings (SSSR count). The zero-order chi connectivity index (χ0) is 17.9. The molecule has 1 amide bonds. The first-order valence-corrected chi connectivity index (χ1v) is 9.62. The minimum absolute atomic E-state index is 0.0880. The van der Waals surface area contributed by atoms with E-state index in [1.165, 1.54) is 5.56 Å². The van der Waals surface area contributed by atoms with Crippen LogP contribution in [0.5, 0.6) is 0 Å². The molecule has 0 saturated heterocycles. The third kappa shape index (κ3) is 3.24. The summed E-state index contributed by atoms with van der Waals surface area (Å²) in [7, 11) is 0. The van der Waals surface area contributed by atoms with E-state index in [9.17, 15) is 4.79 Å². The van der Waals surface area contributed by atoms with Gasteiger partial charge in [0.1, 0.15) is 5.65 Å². The van der Waals surface area contributed by atoms with Gasteiger partial charge in [0, 0.05) is 35.8 Å². The van der Waals surface area contributed by atoms with Crippen LogP contribution in [0.2, 0.25) is 0 Å². The summed E-state index contributed by atoms with van der Waals surface area (Å²) >= 11 is 1.65. The van der Waals surface area contributed by atoms with E-state index in [0.29, 0.717) is 13.1 Å². The summed E-state index contributed by atoms with van der Waals surface area (Å²) in [5.74, 6) is 0.0880. The Balaban J connectivity index is 1.49. The molecular formula is C20H20N4OS. The van der Waals surface area contributed by atoms with E-state index in [1.807, 2.05) is 42.4 Å². The Morgan fingerprint density at radius 1 is 1.27 bits per heavy atom. The highest BCUT2D eigenvalue weighted by molar-refractivity contribution is 8.04. The van der Waals surface area contributed by atoms with E-state index >= 15 is 0 Å². The number of aromatic nitrogens is 3. The lowest BCUT2D eigenvalue weighted by Crippen LogP contribution is -2.30. The van der Waals surface area contributed by atoms with Crippen molar-refractivity contribution in [1.82, 2.24) is 19.9 Å². The van der Waals surface area contributed by atoms with E-state index in [2.05, 4.69) is 33.2 Å². The fourth-order valence-electron chi connectivity index (χ4n) is 3.23. The number of hydrogen-bond acceptors (Lipinski definition) is 4. The smallest absolute Gasteiger partial charge is 0.260 e. The van der Waals surface area contributed by atoms with Gasteiger partial charge in [-0.3, -0.25) is 9.78 Å². The van der Waals surface area contributed by atoms with Crippen molar-refractivity contribution in [3.63, 3.8) is 0 Å². The van der Waals surface area contributed by atoms with Gasteiger partial charge in [-0.25, -0.2) is 4.98 Å². The second-order valence-corrected chi connectivity index (χ2v) is 7.44. The molecule has 26 heavy (non-hydrogen) atoms. The standard InChI is InChI=1S/C20H20N4OS/c1-2-24(13-14-5-3-4-10-21-14)20(25)18-7-6-17(26-18)15-8-11-22-19-16(15)9-12-23-19/h3-5,7-12,17H,2,6,13H2,1H3,(H,22,23). The van der Waals surface area contributed by atoms with Gasteiger partial charge in [0.2, 0.25) is 0 Å². The zero-order valence-corrected chi connectivity index (χ0v) is 15.4. The molecule has 0 aromatic carbocycles. The highest BCUT2D eigenvalue weighted by Crippen LogP contribution is 2.45. The Morgan fingerprint density at radius 2 is 2.19 bits per heavy atom. The quantitative estimate of drug-likeness (QED) is 0.741. The maximum absolute atomic E-state index is 13.0. The van der Waals surface area contributed by atoms with Crippen LogP contribution in [0, 0.1) is 0 Å². The van der Waals surface area contributed by atoms with Crippen molar-refractivity contribution in [2.45, 2.75) is 25.1 Å². The number of amides is 1. The number of nitrogens with one attached hydrogen (secondary N) is 1. The molecule has 0 spiro atoms. The molecule has 5 nitrogen and oxygen atoms in total. The van der Waals surface area contributed by atoms with Crippen LogP contribution < -0.4 is 0 Å². The average Bonchev–Trinajstić information content (AvgIpc) is 3.35. The lowest BCUT2D eigenvalue weighted by Gasteiger charge is -2.21. The van der Waals surface area contributed by atoms with Gasteiger partial charge in [0.05, 0.1) is 17.1 Å². The Kier molecular flexibility index (Phi) is 4.75. The van der Waals surface area contributed by atoms with Gasteiger partial charge < -0.3 is 9.88 Å². The number of hydrogen-bond donors (Lipinski definition) is 1. The molecular weight excluding hydrogens is 344 g/mol. The molecule has 3 aromatic rings. The number of aromatic amines is 1. The molecule has 0 fully saturated rings. The number of H-pyrrole nitrogens is 1. The molecule has 132 valence electrons. The summed E-state index contributed by atoms with van der Waals surface area (Å²) in [6, 6.07) is 9.90. The molecule has 1 atom stereocenters. The molecule has 1 unspecified atom stereocenters. The molecule has 4 heterocycles. The monoisotopic (exact) mass is 364 g/mol. The largest absolute Gasteiger partial charge is 0.346 e. The highest BCUT2D eigenvalue weighted by atomic mass is 32.2. The first-order chi connectivity index (χ1) is 12.8. The van der Waals surface area contributed by atoms with Gasteiger partial charge in [-0.1, -0.05) is 12.1 Å². The summed E-state index contributed by atoms with van der Waals surface area (Å²) in [5.41, 5.74) is 3.03. The Labute approximate surface area is 156 Å². The van der Waals surface area contributed by atoms with Gasteiger partial charge in [-0.15, -0.1) is 11.8 Å². The van der Waals surface area contributed by atoms with Crippen molar-refractivity contribution in [2.75, 3.05) is 6.54 Å². The minimum Gasteiger partial charge on any atom is -0.346 e. The molecule has 0 bridgehead atoms.